The highest BCUT2D eigenvalue weighted by molar-refractivity contribution is 5.43. The molecule has 2 N–H and O–H groups in total. The van der Waals surface area contributed by atoms with Gasteiger partial charge in [-0.1, -0.05) is 25.0 Å². The second-order valence-corrected chi connectivity index (χ2v) is 6.47. The molecule has 1 saturated carbocycles. The van der Waals surface area contributed by atoms with Crippen molar-refractivity contribution in [3.63, 3.8) is 0 Å². The molecule has 1 aliphatic rings. The molecule has 112 valence electrons. The molecule has 0 saturated heterocycles. The predicted molar refractivity (Wildman–Crippen MR) is 85.4 cm³/mol. The molecule has 2 rings (SSSR count). The van der Waals surface area contributed by atoms with E-state index in [4.69, 9.17) is 10.5 Å². The number of ether oxygens (including phenoxy) is 1. The Morgan fingerprint density at radius 1 is 1.10 bits per heavy atom. The number of rotatable bonds is 4. The molecule has 0 bridgehead atoms. The second kappa shape index (κ2) is 7.12. The molecule has 1 unspecified atom stereocenters. The van der Waals surface area contributed by atoms with Crippen LogP contribution >= 0.6 is 0 Å². The van der Waals surface area contributed by atoms with Crippen LogP contribution in [0, 0.1) is 13.8 Å². The average Bonchev–Trinajstić information content (AvgIpc) is 2.61. The van der Waals surface area contributed by atoms with Gasteiger partial charge in [0.15, 0.2) is 0 Å². The molecule has 1 aromatic rings. The summed E-state index contributed by atoms with van der Waals surface area (Å²) in [6, 6.07) is 4.69. The maximum atomic E-state index is 6.33. The summed E-state index contributed by atoms with van der Waals surface area (Å²) < 4.78 is 6.33. The first-order valence-corrected chi connectivity index (χ1v) is 8.08. The van der Waals surface area contributed by atoms with Crippen molar-refractivity contribution in [2.45, 2.75) is 77.9 Å². The van der Waals surface area contributed by atoms with E-state index in [9.17, 15) is 0 Å². The monoisotopic (exact) mass is 275 g/mol. The number of aryl methyl sites for hydroxylation is 2. The second-order valence-electron chi connectivity index (χ2n) is 6.47. The summed E-state index contributed by atoms with van der Waals surface area (Å²) >= 11 is 0. The third-order valence-electron chi connectivity index (χ3n) is 4.16. The first-order chi connectivity index (χ1) is 9.56. The third-order valence-corrected chi connectivity index (χ3v) is 4.16. The Kier molecular flexibility index (Phi) is 5.47. The fraction of sp³-hybridized carbons (Fsp3) is 0.667. The van der Waals surface area contributed by atoms with Crippen LogP contribution in [0.2, 0.25) is 0 Å². The van der Waals surface area contributed by atoms with Crippen LogP contribution in [-0.4, -0.2) is 12.1 Å². The van der Waals surface area contributed by atoms with Crippen LogP contribution in [0.4, 0.5) is 0 Å². The minimum absolute atomic E-state index is 0.211. The Balaban J connectivity index is 2.10. The molecule has 0 aliphatic heterocycles. The molecule has 20 heavy (non-hydrogen) atoms. The van der Waals surface area contributed by atoms with Gasteiger partial charge in [0.05, 0.1) is 6.10 Å². The quantitative estimate of drug-likeness (QED) is 0.832. The summed E-state index contributed by atoms with van der Waals surface area (Å²) in [5, 5.41) is 0. The van der Waals surface area contributed by atoms with Crippen molar-refractivity contribution in [1.29, 1.82) is 0 Å². The van der Waals surface area contributed by atoms with Crippen LogP contribution in [0.25, 0.3) is 0 Å². The summed E-state index contributed by atoms with van der Waals surface area (Å²) in [4.78, 5) is 0. The van der Waals surface area contributed by atoms with Crippen molar-refractivity contribution in [1.82, 2.24) is 0 Å². The van der Waals surface area contributed by atoms with Gasteiger partial charge in [-0.05, 0) is 69.6 Å². The number of benzene rings is 1. The number of hydrogen-bond acceptors (Lipinski definition) is 2. The van der Waals surface area contributed by atoms with E-state index in [1.54, 1.807) is 0 Å². The van der Waals surface area contributed by atoms with Gasteiger partial charge in [-0.3, -0.25) is 0 Å². The first kappa shape index (κ1) is 15.4. The highest BCUT2D eigenvalue weighted by atomic mass is 16.5. The van der Waals surface area contributed by atoms with E-state index in [1.807, 2.05) is 0 Å². The summed E-state index contributed by atoms with van der Waals surface area (Å²) in [6.45, 7) is 6.37. The lowest BCUT2D eigenvalue weighted by Gasteiger charge is -2.21. The minimum Gasteiger partial charge on any atom is -0.490 e. The molecule has 0 heterocycles. The largest absolute Gasteiger partial charge is 0.490 e. The summed E-state index contributed by atoms with van der Waals surface area (Å²) in [7, 11) is 0. The van der Waals surface area contributed by atoms with Crippen LogP contribution in [0.1, 0.15) is 62.1 Å². The summed E-state index contributed by atoms with van der Waals surface area (Å²) in [6.07, 6.45) is 9.12. The molecule has 2 nitrogen and oxygen atoms in total. The lowest BCUT2D eigenvalue weighted by molar-refractivity contribution is 0.181. The van der Waals surface area contributed by atoms with E-state index in [2.05, 4.69) is 32.9 Å². The van der Waals surface area contributed by atoms with Gasteiger partial charge in [-0.2, -0.15) is 0 Å². The van der Waals surface area contributed by atoms with Crippen LogP contribution < -0.4 is 10.5 Å². The van der Waals surface area contributed by atoms with E-state index in [0.717, 1.165) is 12.2 Å². The van der Waals surface area contributed by atoms with Crippen molar-refractivity contribution in [3.05, 3.63) is 28.8 Å². The van der Waals surface area contributed by atoms with Crippen molar-refractivity contribution in [2.75, 3.05) is 0 Å². The van der Waals surface area contributed by atoms with E-state index in [0.29, 0.717) is 6.10 Å². The lowest BCUT2D eigenvalue weighted by atomic mass is 10.0. The number of nitrogens with two attached hydrogens (primary N) is 1. The zero-order valence-corrected chi connectivity index (χ0v) is 13.2. The first-order valence-electron chi connectivity index (χ1n) is 8.08. The van der Waals surface area contributed by atoms with Gasteiger partial charge in [0.2, 0.25) is 0 Å². The molecule has 1 aliphatic carbocycles. The Hall–Kier alpha value is -1.02. The molecule has 1 atom stereocenters. The Morgan fingerprint density at radius 2 is 1.65 bits per heavy atom. The molecule has 1 aromatic carbocycles. The summed E-state index contributed by atoms with van der Waals surface area (Å²) in [5.41, 5.74) is 9.73. The zero-order valence-electron chi connectivity index (χ0n) is 13.2. The highest BCUT2D eigenvalue weighted by Gasteiger charge is 2.16. The van der Waals surface area contributed by atoms with Gasteiger partial charge in [0.1, 0.15) is 5.75 Å². The molecular formula is C18H29NO. The Morgan fingerprint density at radius 3 is 2.15 bits per heavy atom. The molecule has 0 spiro atoms. The van der Waals surface area contributed by atoms with Crippen LogP contribution in [0.5, 0.6) is 5.75 Å². The van der Waals surface area contributed by atoms with Gasteiger partial charge in [0, 0.05) is 6.04 Å². The standard InChI is InChI=1S/C18H29NO/c1-13-10-16(12-15(3)19)11-14(2)18(13)20-17-8-6-4-5-7-9-17/h10-11,15,17H,4-9,12,19H2,1-3H3. The van der Waals surface area contributed by atoms with Gasteiger partial charge in [-0.15, -0.1) is 0 Å². The summed E-state index contributed by atoms with van der Waals surface area (Å²) in [5.74, 6) is 1.10. The van der Waals surface area contributed by atoms with Crippen LogP contribution in [-0.2, 0) is 6.42 Å². The predicted octanol–water partition coefficient (Wildman–Crippen LogP) is 4.29. The Bertz CT molecular complexity index is 408. The van der Waals surface area contributed by atoms with E-state index >= 15 is 0 Å². The minimum atomic E-state index is 0.211. The molecule has 0 radical (unpaired) electrons. The average molecular weight is 275 g/mol. The van der Waals surface area contributed by atoms with Gasteiger partial charge in [-0.25, -0.2) is 0 Å². The topological polar surface area (TPSA) is 35.2 Å². The molecular weight excluding hydrogens is 246 g/mol. The van der Waals surface area contributed by atoms with Crippen molar-refractivity contribution in [2.24, 2.45) is 5.73 Å². The van der Waals surface area contributed by atoms with Gasteiger partial charge in [0.25, 0.3) is 0 Å². The van der Waals surface area contributed by atoms with E-state index in [1.165, 1.54) is 55.2 Å². The molecule has 2 heteroatoms. The Labute approximate surface area is 123 Å². The smallest absolute Gasteiger partial charge is 0.125 e. The van der Waals surface area contributed by atoms with E-state index < -0.39 is 0 Å². The van der Waals surface area contributed by atoms with Gasteiger partial charge < -0.3 is 10.5 Å². The molecule has 0 aromatic heterocycles. The van der Waals surface area contributed by atoms with Crippen molar-refractivity contribution >= 4 is 0 Å². The lowest BCUT2D eigenvalue weighted by Crippen LogP contribution is -2.19. The molecule has 0 amide bonds. The highest BCUT2D eigenvalue weighted by Crippen LogP contribution is 2.29. The van der Waals surface area contributed by atoms with Crippen molar-refractivity contribution in [3.8, 4) is 5.75 Å². The zero-order chi connectivity index (χ0) is 14.5. The maximum Gasteiger partial charge on any atom is 0.125 e. The van der Waals surface area contributed by atoms with Crippen LogP contribution in [0.3, 0.4) is 0 Å². The fourth-order valence-corrected chi connectivity index (χ4v) is 3.24. The van der Waals surface area contributed by atoms with Crippen molar-refractivity contribution < 1.29 is 4.74 Å². The van der Waals surface area contributed by atoms with Crippen LogP contribution in [0.15, 0.2) is 12.1 Å². The van der Waals surface area contributed by atoms with Gasteiger partial charge >= 0.3 is 0 Å². The number of hydrogen-bond donors (Lipinski definition) is 1. The SMILES string of the molecule is Cc1cc(CC(C)N)cc(C)c1OC1CCCCCC1. The maximum absolute atomic E-state index is 6.33. The normalized spacial score (nSPS) is 18.6. The fourth-order valence-electron chi connectivity index (χ4n) is 3.24. The van der Waals surface area contributed by atoms with E-state index in [-0.39, 0.29) is 6.04 Å². The third kappa shape index (κ3) is 4.24. The molecule has 1 fully saturated rings.